The smallest absolute Gasteiger partial charge is 0.273 e. The summed E-state index contributed by atoms with van der Waals surface area (Å²) in [7, 11) is 0. The molecule has 1 atom stereocenters. The van der Waals surface area contributed by atoms with E-state index in [1.807, 2.05) is 0 Å². The van der Waals surface area contributed by atoms with Crippen molar-refractivity contribution in [1.29, 1.82) is 0 Å². The summed E-state index contributed by atoms with van der Waals surface area (Å²) < 4.78 is 0. The number of carbonyl (C=O) groups is 1. The number of carbonyl (C=O) groups excluding carboxylic acids is 1. The fraction of sp³-hybridized carbons (Fsp3) is 0.533. The van der Waals surface area contributed by atoms with Crippen LogP contribution in [-0.4, -0.2) is 22.2 Å². The van der Waals surface area contributed by atoms with Crippen molar-refractivity contribution in [2.24, 2.45) is 5.41 Å². The summed E-state index contributed by atoms with van der Waals surface area (Å²) in [6.45, 7) is 8.53. The monoisotopic (exact) mass is 356 g/mol. The van der Waals surface area contributed by atoms with Gasteiger partial charge < -0.3 is 5.32 Å². The van der Waals surface area contributed by atoms with Crippen LogP contribution in [-0.2, 0) is 0 Å². The highest BCUT2D eigenvalue weighted by Crippen LogP contribution is 2.24. The summed E-state index contributed by atoms with van der Waals surface area (Å²) in [6, 6.07) is 4.51. The number of nitrogens with zero attached hydrogens (tertiary/aromatic N) is 1. The average molecular weight is 357 g/mol. The molecular formula is C15H21BrN2O3. The number of benzene rings is 1. The predicted octanol–water partition coefficient (Wildman–Crippen LogP) is 3.83. The molecule has 1 amide bonds. The maximum atomic E-state index is 12.0. The van der Waals surface area contributed by atoms with E-state index in [1.165, 1.54) is 6.07 Å². The lowest BCUT2D eigenvalue weighted by molar-refractivity contribution is -0.385. The summed E-state index contributed by atoms with van der Waals surface area (Å²) in [5, 5.41) is 13.7. The highest BCUT2D eigenvalue weighted by atomic mass is 79.9. The molecule has 0 aromatic heterocycles. The Morgan fingerprint density at radius 3 is 2.57 bits per heavy atom. The molecule has 0 aliphatic rings. The van der Waals surface area contributed by atoms with Crippen LogP contribution in [0.15, 0.2) is 18.2 Å². The van der Waals surface area contributed by atoms with Crippen molar-refractivity contribution in [3.63, 3.8) is 0 Å². The fourth-order valence-corrected chi connectivity index (χ4v) is 3.12. The number of aryl methyl sites for hydroxylation is 1. The molecule has 1 aromatic carbocycles. The summed E-state index contributed by atoms with van der Waals surface area (Å²) in [5.41, 5.74) is 0.986. The van der Waals surface area contributed by atoms with Crippen molar-refractivity contribution < 1.29 is 9.72 Å². The number of nitrogens with one attached hydrogen (secondary N) is 1. The van der Waals surface area contributed by atoms with Crippen molar-refractivity contribution in [2.45, 2.75) is 38.9 Å². The molecule has 0 saturated heterocycles. The summed E-state index contributed by atoms with van der Waals surface area (Å²) in [6.07, 6.45) is 0.918. The molecule has 0 bridgehead atoms. The van der Waals surface area contributed by atoms with E-state index in [0.717, 1.165) is 6.42 Å². The van der Waals surface area contributed by atoms with Gasteiger partial charge in [0, 0.05) is 28.6 Å². The minimum absolute atomic E-state index is 0.0345. The third kappa shape index (κ3) is 5.83. The van der Waals surface area contributed by atoms with Crippen molar-refractivity contribution in [2.75, 3.05) is 6.54 Å². The summed E-state index contributed by atoms with van der Waals surface area (Å²) in [4.78, 5) is 22.6. The average Bonchev–Trinajstić information content (AvgIpc) is 2.34. The van der Waals surface area contributed by atoms with Gasteiger partial charge >= 0.3 is 0 Å². The number of hydrogen-bond acceptors (Lipinski definition) is 3. The normalized spacial score (nSPS) is 12.8. The first kappa shape index (κ1) is 17.6. The van der Waals surface area contributed by atoms with Gasteiger partial charge in [0.25, 0.3) is 11.6 Å². The van der Waals surface area contributed by atoms with E-state index in [0.29, 0.717) is 17.7 Å². The van der Waals surface area contributed by atoms with Gasteiger partial charge in [0.1, 0.15) is 0 Å². The Bertz CT molecular complexity index is 538. The first-order chi connectivity index (χ1) is 9.60. The summed E-state index contributed by atoms with van der Waals surface area (Å²) in [5.74, 6) is -0.295. The third-order valence-electron chi connectivity index (χ3n) is 2.99. The van der Waals surface area contributed by atoms with Crippen LogP contribution in [0, 0.1) is 22.5 Å². The van der Waals surface area contributed by atoms with Crippen molar-refractivity contribution in [1.82, 2.24) is 5.32 Å². The maximum Gasteiger partial charge on any atom is 0.273 e. The van der Waals surface area contributed by atoms with Gasteiger partial charge in [-0.15, -0.1) is 0 Å². The largest absolute Gasteiger partial charge is 0.351 e. The Hall–Kier alpha value is -1.43. The van der Waals surface area contributed by atoms with Crippen LogP contribution in [0.3, 0.4) is 0 Å². The first-order valence-corrected chi connectivity index (χ1v) is 7.69. The lowest BCUT2D eigenvalue weighted by Crippen LogP contribution is -2.31. The second-order valence-corrected chi connectivity index (χ2v) is 7.63. The van der Waals surface area contributed by atoms with Crippen LogP contribution >= 0.6 is 15.9 Å². The lowest BCUT2D eigenvalue weighted by atomic mass is 9.90. The number of nitro benzene ring substituents is 1. The number of halogens is 1. The van der Waals surface area contributed by atoms with Crippen LogP contribution in [0.4, 0.5) is 5.69 Å². The highest BCUT2D eigenvalue weighted by Gasteiger charge is 2.18. The summed E-state index contributed by atoms with van der Waals surface area (Å²) >= 11 is 3.54. The van der Waals surface area contributed by atoms with E-state index in [-0.39, 0.29) is 21.8 Å². The molecule has 116 valence electrons. The number of amides is 1. The molecule has 0 radical (unpaired) electrons. The molecule has 1 unspecified atom stereocenters. The molecule has 0 heterocycles. The zero-order chi connectivity index (χ0) is 16.2. The molecule has 1 N–H and O–H groups in total. The van der Waals surface area contributed by atoms with E-state index in [9.17, 15) is 14.9 Å². The van der Waals surface area contributed by atoms with Crippen molar-refractivity contribution in [3.8, 4) is 0 Å². The van der Waals surface area contributed by atoms with E-state index >= 15 is 0 Å². The van der Waals surface area contributed by atoms with E-state index in [4.69, 9.17) is 0 Å². The third-order valence-corrected chi connectivity index (χ3v) is 3.63. The Morgan fingerprint density at radius 2 is 2.05 bits per heavy atom. The van der Waals surface area contributed by atoms with Crippen LogP contribution in [0.2, 0.25) is 0 Å². The zero-order valence-electron chi connectivity index (χ0n) is 12.8. The Labute approximate surface area is 133 Å². The zero-order valence-corrected chi connectivity index (χ0v) is 14.4. The van der Waals surface area contributed by atoms with Crippen LogP contribution in [0.1, 0.15) is 43.1 Å². The Morgan fingerprint density at radius 1 is 1.43 bits per heavy atom. The molecule has 0 saturated carbocycles. The van der Waals surface area contributed by atoms with Crippen molar-refractivity contribution in [3.05, 3.63) is 39.4 Å². The highest BCUT2D eigenvalue weighted by molar-refractivity contribution is 9.09. The molecular weight excluding hydrogens is 336 g/mol. The minimum atomic E-state index is -0.473. The molecule has 0 aliphatic heterocycles. The lowest BCUT2D eigenvalue weighted by Gasteiger charge is -2.22. The second-order valence-electron chi connectivity index (χ2n) is 6.33. The Kier molecular flexibility index (Phi) is 5.89. The van der Waals surface area contributed by atoms with E-state index in [2.05, 4.69) is 42.0 Å². The molecule has 6 heteroatoms. The quantitative estimate of drug-likeness (QED) is 0.494. The van der Waals surface area contributed by atoms with E-state index < -0.39 is 4.92 Å². The van der Waals surface area contributed by atoms with Crippen LogP contribution in [0.5, 0.6) is 0 Å². The standard InChI is InChI=1S/C15H21BrN2O3/c1-10-5-6-11(7-13(10)18(20)21)14(19)17-9-12(16)8-15(2,3)4/h5-7,12H,8-9H2,1-4H3,(H,17,19). The molecule has 0 spiro atoms. The molecule has 0 aliphatic carbocycles. The molecule has 5 nitrogen and oxygen atoms in total. The Balaban J connectivity index is 2.68. The topological polar surface area (TPSA) is 72.2 Å². The van der Waals surface area contributed by atoms with Gasteiger partial charge in [0.15, 0.2) is 0 Å². The molecule has 0 fully saturated rings. The maximum absolute atomic E-state index is 12.0. The molecule has 1 aromatic rings. The van der Waals surface area contributed by atoms with Gasteiger partial charge in [0.05, 0.1) is 4.92 Å². The van der Waals surface area contributed by atoms with Gasteiger partial charge in [-0.3, -0.25) is 14.9 Å². The first-order valence-electron chi connectivity index (χ1n) is 6.77. The van der Waals surface area contributed by atoms with Gasteiger partial charge in [0.2, 0.25) is 0 Å². The van der Waals surface area contributed by atoms with Gasteiger partial charge in [-0.1, -0.05) is 42.8 Å². The predicted molar refractivity (Wildman–Crippen MR) is 87.0 cm³/mol. The fourth-order valence-electron chi connectivity index (χ4n) is 1.99. The number of alkyl halides is 1. The van der Waals surface area contributed by atoms with Gasteiger partial charge in [-0.2, -0.15) is 0 Å². The number of rotatable bonds is 5. The second kappa shape index (κ2) is 7.02. The molecule has 1 rings (SSSR count). The minimum Gasteiger partial charge on any atom is -0.351 e. The van der Waals surface area contributed by atoms with Gasteiger partial charge in [-0.25, -0.2) is 0 Å². The van der Waals surface area contributed by atoms with Crippen LogP contribution < -0.4 is 5.32 Å². The van der Waals surface area contributed by atoms with Crippen LogP contribution in [0.25, 0.3) is 0 Å². The number of hydrogen-bond donors (Lipinski definition) is 1. The van der Waals surface area contributed by atoms with E-state index in [1.54, 1.807) is 19.1 Å². The SMILES string of the molecule is Cc1ccc(C(=O)NCC(Br)CC(C)(C)C)cc1[N+](=O)[O-]. The number of nitro groups is 1. The molecule has 21 heavy (non-hydrogen) atoms. The van der Waals surface area contributed by atoms with Crippen molar-refractivity contribution >= 4 is 27.5 Å². The van der Waals surface area contributed by atoms with Gasteiger partial charge in [-0.05, 0) is 24.8 Å².